The third-order valence-electron chi connectivity index (χ3n) is 2.78. The van der Waals surface area contributed by atoms with Crippen molar-refractivity contribution in [2.24, 2.45) is 0 Å². The number of aryl methyl sites for hydroxylation is 1. The van der Waals surface area contributed by atoms with Crippen LogP contribution in [-0.4, -0.2) is 34.0 Å². The van der Waals surface area contributed by atoms with E-state index in [1.165, 1.54) is 0 Å². The van der Waals surface area contributed by atoms with Crippen molar-refractivity contribution in [2.45, 2.75) is 32.3 Å². The Kier molecular flexibility index (Phi) is 2.61. The standard InChI is InChI=1S/C11H17N3O/c1-9-6-10(13-12-7-9)14-5-3-4-11(2,15)8-14/h6-7,15H,3-5,8H2,1-2H3. The van der Waals surface area contributed by atoms with Crippen molar-refractivity contribution >= 4 is 5.82 Å². The SMILES string of the molecule is Cc1cnnc(N2CCCC(C)(O)C2)c1. The molecule has 2 heterocycles. The molecule has 0 spiro atoms. The topological polar surface area (TPSA) is 49.2 Å². The van der Waals surface area contributed by atoms with E-state index >= 15 is 0 Å². The van der Waals surface area contributed by atoms with Crippen molar-refractivity contribution in [3.8, 4) is 0 Å². The fourth-order valence-corrected chi connectivity index (χ4v) is 2.02. The average Bonchev–Trinajstić information content (AvgIpc) is 2.16. The summed E-state index contributed by atoms with van der Waals surface area (Å²) in [6.45, 7) is 5.47. The van der Waals surface area contributed by atoms with Crippen molar-refractivity contribution < 1.29 is 5.11 Å². The number of piperidine rings is 1. The van der Waals surface area contributed by atoms with Gasteiger partial charge in [-0.05, 0) is 38.3 Å². The molecule has 0 aromatic carbocycles. The van der Waals surface area contributed by atoms with E-state index in [0.717, 1.165) is 30.8 Å². The summed E-state index contributed by atoms with van der Waals surface area (Å²) in [5.41, 5.74) is 0.508. The van der Waals surface area contributed by atoms with E-state index in [2.05, 4.69) is 15.1 Å². The van der Waals surface area contributed by atoms with Crippen molar-refractivity contribution in [1.29, 1.82) is 0 Å². The third kappa shape index (κ3) is 2.45. The van der Waals surface area contributed by atoms with Crippen molar-refractivity contribution in [3.63, 3.8) is 0 Å². The number of aromatic nitrogens is 2. The molecule has 0 aliphatic carbocycles. The normalized spacial score (nSPS) is 26.7. The third-order valence-corrected chi connectivity index (χ3v) is 2.78. The fraction of sp³-hybridized carbons (Fsp3) is 0.636. The highest BCUT2D eigenvalue weighted by Crippen LogP contribution is 2.24. The van der Waals surface area contributed by atoms with Gasteiger partial charge in [0, 0.05) is 13.1 Å². The Balaban J connectivity index is 2.17. The molecule has 1 atom stereocenters. The van der Waals surface area contributed by atoms with Crippen LogP contribution in [0.1, 0.15) is 25.3 Å². The lowest BCUT2D eigenvalue weighted by molar-refractivity contribution is 0.0446. The molecule has 82 valence electrons. The van der Waals surface area contributed by atoms with E-state index in [9.17, 15) is 5.11 Å². The van der Waals surface area contributed by atoms with Gasteiger partial charge < -0.3 is 10.0 Å². The van der Waals surface area contributed by atoms with Crippen LogP contribution in [0.5, 0.6) is 0 Å². The van der Waals surface area contributed by atoms with Crippen molar-refractivity contribution in [2.75, 3.05) is 18.0 Å². The quantitative estimate of drug-likeness (QED) is 0.750. The number of hydrogen-bond donors (Lipinski definition) is 1. The molecular weight excluding hydrogens is 190 g/mol. The van der Waals surface area contributed by atoms with Crippen LogP contribution in [0.15, 0.2) is 12.3 Å². The lowest BCUT2D eigenvalue weighted by Crippen LogP contribution is -2.46. The summed E-state index contributed by atoms with van der Waals surface area (Å²) in [6.07, 6.45) is 3.61. The zero-order chi connectivity index (χ0) is 10.9. The average molecular weight is 207 g/mol. The zero-order valence-corrected chi connectivity index (χ0v) is 9.27. The van der Waals surface area contributed by atoms with Gasteiger partial charge in [-0.15, -0.1) is 5.10 Å². The molecule has 1 unspecified atom stereocenters. The second kappa shape index (κ2) is 3.77. The van der Waals surface area contributed by atoms with Crippen LogP contribution in [0.3, 0.4) is 0 Å². The second-order valence-electron chi connectivity index (χ2n) is 4.61. The fourth-order valence-electron chi connectivity index (χ4n) is 2.02. The smallest absolute Gasteiger partial charge is 0.151 e. The molecule has 0 saturated carbocycles. The maximum absolute atomic E-state index is 9.99. The van der Waals surface area contributed by atoms with Crippen LogP contribution < -0.4 is 4.90 Å². The minimum absolute atomic E-state index is 0.594. The summed E-state index contributed by atoms with van der Waals surface area (Å²) in [5.74, 6) is 0.870. The number of rotatable bonds is 1. The maximum atomic E-state index is 9.99. The first-order valence-corrected chi connectivity index (χ1v) is 5.33. The number of hydrogen-bond acceptors (Lipinski definition) is 4. The Labute approximate surface area is 89.9 Å². The van der Waals surface area contributed by atoms with Crippen LogP contribution in [0, 0.1) is 6.92 Å². The van der Waals surface area contributed by atoms with Gasteiger partial charge in [-0.3, -0.25) is 0 Å². The minimum atomic E-state index is -0.594. The van der Waals surface area contributed by atoms with Gasteiger partial charge >= 0.3 is 0 Å². The summed E-state index contributed by atoms with van der Waals surface area (Å²) in [4.78, 5) is 2.10. The van der Waals surface area contributed by atoms with E-state index in [-0.39, 0.29) is 0 Å². The molecule has 1 fully saturated rings. The minimum Gasteiger partial charge on any atom is -0.388 e. The lowest BCUT2D eigenvalue weighted by Gasteiger charge is -2.37. The van der Waals surface area contributed by atoms with E-state index in [0.29, 0.717) is 6.54 Å². The van der Waals surface area contributed by atoms with Gasteiger partial charge in [-0.25, -0.2) is 0 Å². The Bertz CT molecular complexity index is 351. The summed E-state index contributed by atoms with van der Waals surface area (Å²) in [7, 11) is 0. The predicted molar refractivity (Wildman–Crippen MR) is 58.8 cm³/mol. The molecule has 1 saturated heterocycles. The Morgan fingerprint density at radius 3 is 3.00 bits per heavy atom. The van der Waals surface area contributed by atoms with Gasteiger partial charge in [0.25, 0.3) is 0 Å². The summed E-state index contributed by atoms with van der Waals surface area (Å²) < 4.78 is 0. The molecule has 1 aromatic heterocycles. The lowest BCUT2D eigenvalue weighted by atomic mass is 9.95. The maximum Gasteiger partial charge on any atom is 0.151 e. The van der Waals surface area contributed by atoms with Crippen molar-refractivity contribution in [3.05, 3.63) is 17.8 Å². The molecule has 15 heavy (non-hydrogen) atoms. The van der Waals surface area contributed by atoms with Crippen LogP contribution in [-0.2, 0) is 0 Å². The van der Waals surface area contributed by atoms with Crippen LogP contribution >= 0.6 is 0 Å². The highest BCUT2D eigenvalue weighted by atomic mass is 16.3. The molecular formula is C11H17N3O. The largest absolute Gasteiger partial charge is 0.388 e. The first-order chi connectivity index (χ1) is 7.07. The van der Waals surface area contributed by atoms with E-state index in [4.69, 9.17) is 0 Å². The molecule has 0 radical (unpaired) electrons. The van der Waals surface area contributed by atoms with Gasteiger partial charge in [-0.2, -0.15) is 5.10 Å². The number of anilines is 1. The van der Waals surface area contributed by atoms with Crippen LogP contribution in [0.4, 0.5) is 5.82 Å². The van der Waals surface area contributed by atoms with Gasteiger partial charge in [-0.1, -0.05) is 0 Å². The summed E-state index contributed by atoms with van der Waals surface area (Å²) >= 11 is 0. The Morgan fingerprint density at radius 1 is 1.53 bits per heavy atom. The van der Waals surface area contributed by atoms with Gasteiger partial charge in [0.2, 0.25) is 0 Å². The number of nitrogens with zero attached hydrogens (tertiary/aromatic N) is 3. The number of β-amino-alcohol motifs (C(OH)–C–C–N with tert-alkyl or cyclic N) is 1. The van der Waals surface area contributed by atoms with Crippen LogP contribution in [0.25, 0.3) is 0 Å². The summed E-state index contributed by atoms with van der Waals surface area (Å²) in [6, 6.07) is 2.01. The molecule has 1 aromatic rings. The molecule has 2 rings (SSSR count). The molecule has 4 nitrogen and oxygen atoms in total. The molecule has 0 bridgehead atoms. The molecule has 1 aliphatic rings. The van der Waals surface area contributed by atoms with E-state index in [1.54, 1.807) is 6.20 Å². The Morgan fingerprint density at radius 2 is 2.33 bits per heavy atom. The van der Waals surface area contributed by atoms with Gasteiger partial charge in [0.05, 0.1) is 11.8 Å². The Hall–Kier alpha value is -1.16. The summed E-state index contributed by atoms with van der Waals surface area (Å²) in [5, 5.41) is 18.0. The first-order valence-electron chi connectivity index (χ1n) is 5.33. The van der Waals surface area contributed by atoms with E-state index in [1.807, 2.05) is 19.9 Å². The van der Waals surface area contributed by atoms with E-state index < -0.39 is 5.60 Å². The highest BCUT2D eigenvalue weighted by molar-refractivity contribution is 5.40. The first kappa shape index (κ1) is 10.4. The predicted octanol–water partition coefficient (Wildman–Crippen LogP) is 1.14. The highest BCUT2D eigenvalue weighted by Gasteiger charge is 2.29. The van der Waals surface area contributed by atoms with Gasteiger partial charge in [0.1, 0.15) is 0 Å². The number of aliphatic hydroxyl groups is 1. The van der Waals surface area contributed by atoms with Crippen LogP contribution in [0.2, 0.25) is 0 Å². The monoisotopic (exact) mass is 207 g/mol. The van der Waals surface area contributed by atoms with Crippen molar-refractivity contribution in [1.82, 2.24) is 10.2 Å². The van der Waals surface area contributed by atoms with Gasteiger partial charge in [0.15, 0.2) is 5.82 Å². The molecule has 1 N–H and O–H groups in total. The molecule has 4 heteroatoms. The molecule has 1 aliphatic heterocycles. The second-order valence-corrected chi connectivity index (χ2v) is 4.61. The molecule has 0 amide bonds. The zero-order valence-electron chi connectivity index (χ0n) is 9.27.